The van der Waals surface area contributed by atoms with E-state index in [0.29, 0.717) is 5.92 Å². The fourth-order valence-corrected chi connectivity index (χ4v) is 2.55. The fraction of sp³-hybridized carbons (Fsp3) is 0.533. The molecular formula is C15H21NO4. The van der Waals surface area contributed by atoms with Crippen LogP contribution in [0, 0.1) is 5.92 Å². The number of hydrogen-bond donors (Lipinski definition) is 3. The number of phenolic OH excluding ortho intramolecular Hbond substituents is 2. The van der Waals surface area contributed by atoms with Crippen LogP contribution in [0.25, 0.3) is 0 Å². The molecule has 0 saturated carbocycles. The van der Waals surface area contributed by atoms with Crippen LogP contribution in [0.15, 0.2) is 18.2 Å². The monoisotopic (exact) mass is 279 g/mol. The molecule has 0 aromatic heterocycles. The summed E-state index contributed by atoms with van der Waals surface area (Å²) in [5.74, 6) is -0.736. The minimum Gasteiger partial charge on any atom is -0.504 e. The van der Waals surface area contributed by atoms with Crippen molar-refractivity contribution in [3.8, 4) is 11.5 Å². The number of piperidine rings is 1. The first-order valence-electron chi connectivity index (χ1n) is 6.86. The summed E-state index contributed by atoms with van der Waals surface area (Å²) in [6.07, 6.45) is 1.95. The molecule has 0 atom stereocenters. The Bertz CT molecular complexity index is 493. The summed E-state index contributed by atoms with van der Waals surface area (Å²) in [4.78, 5) is 12.1. The second-order valence-electron chi connectivity index (χ2n) is 5.72. The van der Waals surface area contributed by atoms with Gasteiger partial charge in [-0.2, -0.15) is 0 Å². The van der Waals surface area contributed by atoms with E-state index in [4.69, 9.17) is 4.74 Å². The lowest BCUT2D eigenvalue weighted by molar-refractivity contribution is -0.0368. The molecule has 1 aliphatic heterocycles. The molecule has 1 aliphatic rings. The van der Waals surface area contributed by atoms with Crippen molar-refractivity contribution in [2.75, 3.05) is 13.1 Å². The van der Waals surface area contributed by atoms with Gasteiger partial charge in [0.1, 0.15) is 5.60 Å². The molecule has 0 amide bonds. The van der Waals surface area contributed by atoms with Gasteiger partial charge in [-0.1, -0.05) is 0 Å². The summed E-state index contributed by atoms with van der Waals surface area (Å²) in [7, 11) is 0. The number of ether oxygens (including phenoxy) is 1. The molecule has 20 heavy (non-hydrogen) atoms. The third-order valence-electron chi connectivity index (χ3n) is 3.89. The van der Waals surface area contributed by atoms with Gasteiger partial charge in [0.2, 0.25) is 0 Å². The van der Waals surface area contributed by atoms with Crippen LogP contribution in [-0.2, 0) is 4.74 Å². The van der Waals surface area contributed by atoms with Gasteiger partial charge in [0.05, 0.1) is 5.56 Å². The quantitative estimate of drug-likeness (QED) is 0.583. The fourth-order valence-electron chi connectivity index (χ4n) is 2.55. The highest BCUT2D eigenvalue weighted by Gasteiger charge is 2.34. The number of carbonyl (C=O) groups excluding carboxylic acids is 1. The van der Waals surface area contributed by atoms with Gasteiger partial charge in [-0.05, 0) is 58.0 Å². The largest absolute Gasteiger partial charge is 0.504 e. The second kappa shape index (κ2) is 5.71. The highest BCUT2D eigenvalue weighted by atomic mass is 16.6. The summed E-state index contributed by atoms with van der Waals surface area (Å²) in [5.41, 5.74) is -0.311. The zero-order valence-corrected chi connectivity index (χ0v) is 11.8. The Labute approximate surface area is 118 Å². The van der Waals surface area contributed by atoms with E-state index in [1.165, 1.54) is 18.2 Å². The predicted octanol–water partition coefficient (Wildman–Crippen LogP) is 2.03. The summed E-state index contributed by atoms with van der Waals surface area (Å²) >= 11 is 0. The van der Waals surface area contributed by atoms with Crippen molar-refractivity contribution in [1.82, 2.24) is 5.32 Å². The molecule has 5 heteroatoms. The van der Waals surface area contributed by atoms with Crippen molar-refractivity contribution in [2.24, 2.45) is 5.92 Å². The van der Waals surface area contributed by atoms with Gasteiger partial charge in [0, 0.05) is 5.92 Å². The summed E-state index contributed by atoms with van der Waals surface area (Å²) in [5, 5.41) is 22.0. The van der Waals surface area contributed by atoms with E-state index >= 15 is 0 Å². The molecule has 1 aromatic carbocycles. The van der Waals surface area contributed by atoms with Crippen LogP contribution >= 0.6 is 0 Å². The third kappa shape index (κ3) is 3.22. The Morgan fingerprint density at radius 3 is 2.50 bits per heavy atom. The van der Waals surface area contributed by atoms with Gasteiger partial charge < -0.3 is 20.3 Å². The Morgan fingerprint density at radius 1 is 1.25 bits per heavy atom. The van der Waals surface area contributed by atoms with Crippen LogP contribution in [-0.4, -0.2) is 34.9 Å². The van der Waals surface area contributed by atoms with E-state index in [2.05, 4.69) is 5.32 Å². The molecular weight excluding hydrogens is 258 g/mol. The first-order chi connectivity index (χ1) is 9.40. The molecule has 0 spiro atoms. The number of rotatable bonds is 3. The molecule has 0 bridgehead atoms. The number of aromatic hydroxyl groups is 2. The van der Waals surface area contributed by atoms with E-state index in [-0.39, 0.29) is 17.1 Å². The van der Waals surface area contributed by atoms with E-state index in [1.807, 2.05) is 13.8 Å². The molecule has 1 fully saturated rings. The van der Waals surface area contributed by atoms with Crippen molar-refractivity contribution in [2.45, 2.75) is 32.3 Å². The highest BCUT2D eigenvalue weighted by Crippen LogP contribution is 2.31. The molecule has 0 radical (unpaired) electrons. The van der Waals surface area contributed by atoms with Crippen molar-refractivity contribution in [3.05, 3.63) is 23.8 Å². The van der Waals surface area contributed by atoms with E-state index < -0.39 is 11.6 Å². The van der Waals surface area contributed by atoms with Crippen LogP contribution < -0.4 is 5.32 Å². The second-order valence-corrected chi connectivity index (χ2v) is 5.72. The van der Waals surface area contributed by atoms with Crippen LogP contribution in [0.3, 0.4) is 0 Å². The lowest BCUT2D eigenvalue weighted by Gasteiger charge is -2.36. The summed E-state index contributed by atoms with van der Waals surface area (Å²) < 4.78 is 5.60. The molecule has 0 unspecified atom stereocenters. The number of nitrogens with one attached hydrogen (secondary N) is 1. The van der Waals surface area contributed by atoms with Crippen molar-refractivity contribution in [1.29, 1.82) is 0 Å². The maximum Gasteiger partial charge on any atom is 0.338 e. The summed E-state index contributed by atoms with van der Waals surface area (Å²) in [6.45, 7) is 5.71. The van der Waals surface area contributed by atoms with Crippen molar-refractivity contribution in [3.63, 3.8) is 0 Å². The van der Waals surface area contributed by atoms with E-state index in [1.54, 1.807) is 0 Å². The minimum atomic E-state index is -0.549. The lowest BCUT2D eigenvalue weighted by Crippen LogP contribution is -2.42. The van der Waals surface area contributed by atoms with Crippen LogP contribution in [0.5, 0.6) is 11.5 Å². The average molecular weight is 279 g/mol. The number of phenols is 2. The van der Waals surface area contributed by atoms with E-state index in [9.17, 15) is 15.0 Å². The maximum absolute atomic E-state index is 12.1. The number of carbonyl (C=O) groups is 1. The normalized spacial score (nSPS) is 16.9. The van der Waals surface area contributed by atoms with E-state index in [0.717, 1.165) is 25.9 Å². The van der Waals surface area contributed by atoms with Gasteiger partial charge in [0.25, 0.3) is 0 Å². The Hall–Kier alpha value is -1.75. The zero-order chi connectivity index (χ0) is 14.8. The molecule has 3 N–H and O–H groups in total. The zero-order valence-electron chi connectivity index (χ0n) is 11.8. The highest BCUT2D eigenvalue weighted by molar-refractivity contribution is 5.90. The van der Waals surface area contributed by atoms with Crippen molar-refractivity contribution >= 4 is 5.97 Å². The Kier molecular flexibility index (Phi) is 4.18. The van der Waals surface area contributed by atoms with Gasteiger partial charge in [-0.3, -0.25) is 0 Å². The molecule has 0 aliphatic carbocycles. The Balaban J connectivity index is 2.07. The summed E-state index contributed by atoms with van der Waals surface area (Å²) in [6, 6.07) is 3.94. The number of benzene rings is 1. The number of hydrogen-bond acceptors (Lipinski definition) is 5. The van der Waals surface area contributed by atoms with Gasteiger partial charge in [-0.25, -0.2) is 4.79 Å². The lowest BCUT2D eigenvalue weighted by atomic mass is 9.83. The number of esters is 1. The SMILES string of the molecule is CC(C)(OC(=O)c1ccc(O)c(O)c1)C1CCNCC1. The molecule has 2 rings (SSSR count). The molecule has 1 saturated heterocycles. The minimum absolute atomic E-state index is 0.238. The standard InChI is InChI=1S/C15H21NO4/c1-15(2,11-5-7-16-8-6-11)20-14(19)10-3-4-12(17)13(18)9-10/h3-4,9,11,16-18H,5-8H2,1-2H3. The van der Waals surface area contributed by atoms with Crippen LogP contribution in [0.2, 0.25) is 0 Å². The average Bonchev–Trinajstić information content (AvgIpc) is 2.42. The van der Waals surface area contributed by atoms with Crippen LogP contribution in [0.4, 0.5) is 0 Å². The van der Waals surface area contributed by atoms with Gasteiger partial charge >= 0.3 is 5.97 Å². The molecule has 5 nitrogen and oxygen atoms in total. The first kappa shape index (κ1) is 14.7. The van der Waals surface area contributed by atoms with Crippen LogP contribution in [0.1, 0.15) is 37.0 Å². The predicted molar refractivity (Wildman–Crippen MR) is 74.9 cm³/mol. The molecule has 110 valence electrons. The van der Waals surface area contributed by atoms with Crippen molar-refractivity contribution < 1.29 is 19.7 Å². The van der Waals surface area contributed by atoms with Gasteiger partial charge in [0.15, 0.2) is 11.5 Å². The third-order valence-corrected chi connectivity index (χ3v) is 3.89. The molecule has 1 aromatic rings. The maximum atomic E-state index is 12.1. The molecule has 1 heterocycles. The first-order valence-corrected chi connectivity index (χ1v) is 6.86. The Morgan fingerprint density at radius 2 is 1.90 bits per heavy atom. The topological polar surface area (TPSA) is 78.8 Å². The smallest absolute Gasteiger partial charge is 0.338 e. The van der Waals surface area contributed by atoms with Gasteiger partial charge in [-0.15, -0.1) is 0 Å².